The Morgan fingerprint density at radius 1 is 1.25 bits per heavy atom. The van der Waals surface area contributed by atoms with Crippen molar-refractivity contribution in [2.45, 2.75) is 44.7 Å². The van der Waals surface area contributed by atoms with Crippen LogP contribution in [0.4, 0.5) is 4.79 Å². The Bertz CT molecular complexity index is 406. The summed E-state index contributed by atoms with van der Waals surface area (Å²) in [6.07, 6.45) is 2.37. The fourth-order valence-electron chi connectivity index (χ4n) is 2.88. The van der Waals surface area contributed by atoms with Crippen LogP contribution in [0.15, 0.2) is 0 Å². The minimum Gasteiger partial charge on any atom is -0.465 e. The van der Waals surface area contributed by atoms with E-state index in [-0.39, 0.29) is 11.8 Å². The molecule has 112 valence electrons. The van der Waals surface area contributed by atoms with E-state index in [1.165, 1.54) is 4.90 Å². The van der Waals surface area contributed by atoms with E-state index in [1.54, 1.807) is 11.8 Å². The summed E-state index contributed by atoms with van der Waals surface area (Å²) in [7, 11) is 0. The first-order valence-corrected chi connectivity index (χ1v) is 7.09. The molecule has 0 saturated carbocycles. The molecule has 2 heterocycles. The topological polar surface area (TPSA) is 90.0 Å². The van der Waals surface area contributed by atoms with Gasteiger partial charge in [0.1, 0.15) is 12.1 Å². The molecule has 0 aliphatic carbocycles. The minimum absolute atomic E-state index is 0.0333. The molecule has 0 spiro atoms. The maximum atomic E-state index is 12.4. The Labute approximate surface area is 117 Å². The van der Waals surface area contributed by atoms with Crippen molar-refractivity contribution in [2.75, 3.05) is 19.6 Å². The Kier molecular flexibility index (Phi) is 4.46. The number of rotatable bonds is 3. The molecular weight excluding hydrogens is 262 g/mol. The van der Waals surface area contributed by atoms with Crippen LogP contribution in [0.1, 0.15) is 32.6 Å². The highest BCUT2D eigenvalue weighted by atomic mass is 16.4. The Morgan fingerprint density at radius 2 is 1.90 bits per heavy atom. The van der Waals surface area contributed by atoms with Crippen LogP contribution in [0, 0.1) is 0 Å². The summed E-state index contributed by atoms with van der Waals surface area (Å²) in [5, 5.41) is 10.9. The second-order valence-electron chi connectivity index (χ2n) is 5.38. The lowest BCUT2D eigenvalue weighted by molar-refractivity contribution is -0.143. The van der Waals surface area contributed by atoms with Crippen LogP contribution in [0.25, 0.3) is 0 Å². The van der Waals surface area contributed by atoms with Crippen molar-refractivity contribution in [1.82, 2.24) is 15.1 Å². The van der Waals surface area contributed by atoms with Crippen LogP contribution in [0.2, 0.25) is 0 Å². The van der Waals surface area contributed by atoms with Gasteiger partial charge in [0.05, 0.1) is 0 Å². The molecule has 2 rings (SSSR count). The van der Waals surface area contributed by atoms with E-state index < -0.39 is 18.2 Å². The van der Waals surface area contributed by atoms with E-state index in [1.807, 2.05) is 0 Å². The molecular formula is C13H21N3O4. The molecule has 2 atom stereocenters. The normalized spacial score (nSPS) is 24.6. The third-order valence-electron chi connectivity index (χ3n) is 4.03. The van der Waals surface area contributed by atoms with Crippen molar-refractivity contribution in [3.63, 3.8) is 0 Å². The Hall–Kier alpha value is -1.79. The Balaban J connectivity index is 1.95. The predicted molar refractivity (Wildman–Crippen MR) is 71.2 cm³/mol. The number of carboxylic acid groups (broad SMARTS) is 1. The summed E-state index contributed by atoms with van der Waals surface area (Å²) in [6, 6.07) is -1.23. The second kappa shape index (κ2) is 6.11. The molecule has 0 radical (unpaired) electrons. The van der Waals surface area contributed by atoms with Gasteiger partial charge in [0, 0.05) is 19.6 Å². The van der Waals surface area contributed by atoms with E-state index in [2.05, 4.69) is 5.32 Å². The van der Waals surface area contributed by atoms with Gasteiger partial charge in [-0.15, -0.1) is 0 Å². The molecule has 2 aliphatic heterocycles. The standard InChI is InChI=1S/C13H21N3O4/c1-9(11(17)15-6-3-2-4-7-15)16-8-5-10(12(16)18)14-13(19)20/h9-10,14H,2-8H2,1H3,(H,19,20)/t9-,10-/m0/s1. The number of nitrogens with one attached hydrogen (secondary N) is 1. The van der Waals surface area contributed by atoms with Crippen molar-refractivity contribution in [3.8, 4) is 0 Å². The van der Waals surface area contributed by atoms with Crippen LogP contribution in [0.3, 0.4) is 0 Å². The zero-order valence-electron chi connectivity index (χ0n) is 11.7. The van der Waals surface area contributed by atoms with Gasteiger partial charge in [-0.2, -0.15) is 0 Å². The summed E-state index contributed by atoms with van der Waals surface area (Å²) in [5.41, 5.74) is 0. The van der Waals surface area contributed by atoms with E-state index in [0.717, 1.165) is 32.4 Å². The van der Waals surface area contributed by atoms with E-state index in [9.17, 15) is 14.4 Å². The van der Waals surface area contributed by atoms with Gasteiger partial charge in [-0.3, -0.25) is 9.59 Å². The molecule has 2 N–H and O–H groups in total. The number of likely N-dealkylation sites (tertiary alicyclic amines) is 2. The zero-order valence-corrected chi connectivity index (χ0v) is 11.7. The Morgan fingerprint density at radius 3 is 2.50 bits per heavy atom. The van der Waals surface area contributed by atoms with Crippen molar-refractivity contribution in [1.29, 1.82) is 0 Å². The number of piperidine rings is 1. The molecule has 2 aliphatic rings. The van der Waals surface area contributed by atoms with Crippen molar-refractivity contribution in [2.24, 2.45) is 0 Å². The zero-order chi connectivity index (χ0) is 14.7. The number of carbonyl (C=O) groups excluding carboxylic acids is 2. The lowest BCUT2D eigenvalue weighted by Crippen LogP contribution is -2.51. The SMILES string of the molecule is C[C@@H](C(=O)N1CCCCC1)N1CC[C@H](NC(=O)O)C1=O. The van der Waals surface area contributed by atoms with Gasteiger partial charge in [-0.05, 0) is 32.6 Å². The van der Waals surface area contributed by atoms with Gasteiger partial charge in [-0.1, -0.05) is 0 Å². The van der Waals surface area contributed by atoms with Crippen LogP contribution < -0.4 is 5.32 Å². The number of hydrogen-bond acceptors (Lipinski definition) is 3. The van der Waals surface area contributed by atoms with Crippen molar-refractivity contribution < 1.29 is 19.5 Å². The third kappa shape index (κ3) is 3.02. The minimum atomic E-state index is -1.21. The summed E-state index contributed by atoms with van der Waals surface area (Å²) >= 11 is 0. The van der Waals surface area contributed by atoms with Crippen molar-refractivity contribution >= 4 is 17.9 Å². The van der Waals surface area contributed by atoms with Gasteiger partial charge >= 0.3 is 6.09 Å². The van der Waals surface area contributed by atoms with E-state index in [4.69, 9.17) is 5.11 Å². The first-order chi connectivity index (χ1) is 9.50. The lowest BCUT2D eigenvalue weighted by Gasteiger charge is -2.32. The van der Waals surface area contributed by atoms with Gasteiger partial charge in [-0.25, -0.2) is 4.79 Å². The van der Waals surface area contributed by atoms with Gasteiger partial charge < -0.3 is 20.2 Å². The first kappa shape index (κ1) is 14.6. The van der Waals surface area contributed by atoms with E-state index in [0.29, 0.717) is 13.0 Å². The van der Waals surface area contributed by atoms with E-state index >= 15 is 0 Å². The van der Waals surface area contributed by atoms with Crippen LogP contribution in [-0.4, -0.2) is 64.5 Å². The summed E-state index contributed by atoms with van der Waals surface area (Å²) < 4.78 is 0. The summed E-state index contributed by atoms with van der Waals surface area (Å²) in [4.78, 5) is 38.3. The first-order valence-electron chi connectivity index (χ1n) is 7.09. The maximum Gasteiger partial charge on any atom is 0.405 e. The number of hydrogen-bond donors (Lipinski definition) is 2. The molecule has 0 bridgehead atoms. The highest BCUT2D eigenvalue weighted by Crippen LogP contribution is 2.18. The average Bonchev–Trinajstić information content (AvgIpc) is 2.79. The van der Waals surface area contributed by atoms with Gasteiger partial charge in [0.25, 0.3) is 0 Å². The predicted octanol–water partition coefficient (Wildman–Crippen LogP) is 0.256. The number of nitrogens with zero attached hydrogens (tertiary/aromatic N) is 2. The van der Waals surface area contributed by atoms with Crippen molar-refractivity contribution in [3.05, 3.63) is 0 Å². The smallest absolute Gasteiger partial charge is 0.405 e. The molecule has 7 nitrogen and oxygen atoms in total. The molecule has 0 aromatic rings. The molecule has 3 amide bonds. The van der Waals surface area contributed by atoms with Crippen LogP contribution in [-0.2, 0) is 9.59 Å². The third-order valence-corrected chi connectivity index (χ3v) is 4.03. The molecule has 2 fully saturated rings. The maximum absolute atomic E-state index is 12.4. The monoisotopic (exact) mass is 283 g/mol. The molecule has 0 aromatic carbocycles. The average molecular weight is 283 g/mol. The lowest BCUT2D eigenvalue weighted by atomic mass is 10.1. The largest absolute Gasteiger partial charge is 0.465 e. The molecule has 2 saturated heterocycles. The quantitative estimate of drug-likeness (QED) is 0.777. The fraction of sp³-hybridized carbons (Fsp3) is 0.769. The van der Waals surface area contributed by atoms with Crippen LogP contribution in [0.5, 0.6) is 0 Å². The summed E-state index contributed by atoms with van der Waals surface area (Å²) in [6.45, 7) is 3.65. The number of carbonyl (C=O) groups is 3. The molecule has 7 heteroatoms. The number of amides is 3. The highest BCUT2D eigenvalue weighted by molar-refractivity contribution is 5.92. The van der Waals surface area contributed by atoms with Crippen LogP contribution >= 0.6 is 0 Å². The highest BCUT2D eigenvalue weighted by Gasteiger charge is 2.38. The molecule has 0 unspecified atom stereocenters. The summed E-state index contributed by atoms with van der Waals surface area (Å²) in [5.74, 6) is -0.334. The van der Waals surface area contributed by atoms with Gasteiger partial charge in [0.2, 0.25) is 11.8 Å². The van der Waals surface area contributed by atoms with Gasteiger partial charge in [0.15, 0.2) is 0 Å². The molecule has 0 aromatic heterocycles. The molecule has 20 heavy (non-hydrogen) atoms. The second-order valence-corrected chi connectivity index (χ2v) is 5.38. The fourth-order valence-corrected chi connectivity index (χ4v) is 2.88.